The number of nitrogens with one attached hydrogen (secondary N) is 1. The van der Waals surface area contributed by atoms with Gasteiger partial charge in [0.1, 0.15) is 6.10 Å². The molecule has 0 aromatic carbocycles. The van der Waals surface area contributed by atoms with Crippen molar-refractivity contribution in [1.29, 1.82) is 0 Å². The molecule has 0 radical (unpaired) electrons. The normalized spacial score (nSPS) is 41.9. The first-order chi connectivity index (χ1) is 15.7. The molecule has 0 spiro atoms. The van der Waals surface area contributed by atoms with Crippen LogP contribution in [0.25, 0.3) is 10.9 Å². The second-order valence-electron chi connectivity index (χ2n) is 11.6. The summed E-state index contributed by atoms with van der Waals surface area (Å²) in [5, 5.41) is 0.641. The summed E-state index contributed by atoms with van der Waals surface area (Å²) in [4.78, 5) is 21.4. The molecule has 178 valence electrons. The maximum Gasteiger partial charge on any atom is 0.248 e. The summed E-state index contributed by atoms with van der Waals surface area (Å²) in [5.74, 6) is 0.153. The maximum atomic E-state index is 14.0. The molecular formula is C27H34F2N2O2. The molecule has 4 fully saturated rings. The van der Waals surface area contributed by atoms with Crippen molar-refractivity contribution in [2.75, 3.05) is 0 Å². The van der Waals surface area contributed by atoms with Crippen molar-refractivity contribution in [2.45, 2.75) is 83.3 Å². The van der Waals surface area contributed by atoms with E-state index in [0.717, 1.165) is 42.6 Å². The first-order valence-electron chi connectivity index (χ1n) is 12.8. The number of fused-ring (bicyclic) bond motifs is 2. The minimum absolute atomic E-state index is 0.0116. The number of nitrogens with zero attached hydrogens (tertiary/aromatic N) is 1. The summed E-state index contributed by atoms with van der Waals surface area (Å²) in [5.41, 5.74) is 2.59. The molecule has 9 atom stereocenters. The number of ether oxygens (including phenoxy) is 1. The van der Waals surface area contributed by atoms with Crippen LogP contribution in [0.3, 0.4) is 0 Å². The van der Waals surface area contributed by atoms with Crippen LogP contribution in [0.1, 0.15) is 82.7 Å². The van der Waals surface area contributed by atoms with Gasteiger partial charge in [-0.1, -0.05) is 13.8 Å². The van der Waals surface area contributed by atoms with Crippen molar-refractivity contribution in [3.8, 4) is 0 Å². The van der Waals surface area contributed by atoms with Crippen LogP contribution in [0, 0.1) is 35.5 Å². The largest absolute Gasteiger partial charge is 0.363 e. The topological polar surface area (TPSA) is 58.3 Å². The van der Waals surface area contributed by atoms with E-state index in [1.165, 1.54) is 0 Å². The zero-order valence-corrected chi connectivity index (χ0v) is 19.7. The lowest BCUT2D eigenvalue weighted by Crippen LogP contribution is -2.36. The number of pyridine rings is 2. The van der Waals surface area contributed by atoms with Gasteiger partial charge in [0.25, 0.3) is 0 Å². The highest BCUT2D eigenvalue weighted by Crippen LogP contribution is 2.59. The summed E-state index contributed by atoms with van der Waals surface area (Å²) in [6.45, 7) is 6.67. The smallest absolute Gasteiger partial charge is 0.248 e. The van der Waals surface area contributed by atoms with E-state index in [4.69, 9.17) is 4.74 Å². The molecule has 3 aliphatic carbocycles. The Labute approximate surface area is 193 Å². The third-order valence-electron chi connectivity index (χ3n) is 9.62. The fourth-order valence-corrected chi connectivity index (χ4v) is 7.82. The van der Waals surface area contributed by atoms with Gasteiger partial charge in [-0.05, 0) is 74.2 Å². The number of hydrogen-bond acceptors (Lipinski definition) is 3. The van der Waals surface area contributed by atoms with Crippen molar-refractivity contribution in [2.24, 2.45) is 35.5 Å². The van der Waals surface area contributed by atoms with Crippen LogP contribution in [0.2, 0.25) is 0 Å². The minimum Gasteiger partial charge on any atom is -0.363 e. The van der Waals surface area contributed by atoms with Gasteiger partial charge in [0.2, 0.25) is 5.92 Å². The summed E-state index contributed by atoms with van der Waals surface area (Å²) < 4.78 is 33.6. The summed E-state index contributed by atoms with van der Waals surface area (Å²) >= 11 is 0. The van der Waals surface area contributed by atoms with Crippen LogP contribution in [-0.2, 0) is 4.74 Å². The number of epoxide rings is 1. The van der Waals surface area contributed by atoms with Crippen LogP contribution in [0.4, 0.5) is 8.78 Å². The molecule has 2 aromatic rings. The predicted octanol–water partition coefficient (Wildman–Crippen LogP) is 6.22. The third-order valence-corrected chi connectivity index (χ3v) is 9.62. The van der Waals surface area contributed by atoms with Gasteiger partial charge in [-0.3, -0.25) is 9.78 Å². The zero-order chi connectivity index (χ0) is 23.1. The van der Waals surface area contributed by atoms with E-state index in [9.17, 15) is 13.6 Å². The molecular weight excluding hydrogens is 422 g/mol. The molecule has 6 rings (SSSR count). The molecule has 4 aliphatic rings. The van der Waals surface area contributed by atoms with E-state index >= 15 is 0 Å². The molecule has 4 nitrogen and oxygen atoms in total. The standard InChI is InChI=1S/C27H34F2N2O2/c1-13-4-5-19(23(14(13)2)16-8-17-11-27(28,29)12-18(17)9-16)21-10-22(32)24-20(31-21)6-7-30-25(24)26-15(3)33-26/h6-7,10,13-19,23,26H,4-5,8-9,11-12H2,1-3H3,(H,31,32)/t13-,14?,15?,16?,17+,18?,19?,23?,26?/m0/s1. The molecule has 2 aromatic heterocycles. The Morgan fingerprint density at radius 3 is 2.45 bits per heavy atom. The highest BCUT2D eigenvalue weighted by Gasteiger charge is 2.53. The second kappa shape index (κ2) is 7.59. The number of hydrogen-bond donors (Lipinski definition) is 1. The van der Waals surface area contributed by atoms with E-state index in [1.807, 2.05) is 13.0 Å². The van der Waals surface area contributed by atoms with Crippen LogP contribution in [0.15, 0.2) is 23.1 Å². The van der Waals surface area contributed by atoms with E-state index in [1.54, 1.807) is 12.3 Å². The number of halogens is 2. The molecule has 1 saturated heterocycles. The Hall–Kier alpha value is -1.82. The second-order valence-corrected chi connectivity index (χ2v) is 11.6. The molecule has 0 amide bonds. The average molecular weight is 457 g/mol. The van der Waals surface area contributed by atoms with Crippen LogP contribution < -0.4 is 5.43 Å². The molecule has 1 aliphatic heterocycles. The highest BCUT2D eigenvalue weighted by molar-refractivity contribution is 5.81. The third kappa shape index (κ3) is 3.64. The monoisotopic (exact) mass is 456 g/mol. The summed E-state index contributed by atoms with van der Waals surface area (Å²) in [6, 6.07) is 3.69. The molecule has 3 heterocycles. The van der Waals surface area contributed by atoms with Gasteiger partial charge in [-0.15, -0.1) is 0 Å². The van der Waals surface area contributed by atoms with E-state index in [-0.39, 0.29) is 48.2 Å². The van der Waals surface area contributed by atoms with Gasteiger partial charge in [0.15, 0.2) is 5.43 Å². The van der Waals surface area contributed by atoms with Crippen LogP contribution in [0.5, 0.6) is 0 Å². The molecule has 0 bridgehead atoms. The Morgan fingerprint density at radius 2 is 1.79 bits per heavy atom. The van der Waals surface area contributed by atoms with Gasteiger partial charge < -0.3 is 9.72 Å². The Kier molecular flexibility index (Phi) is 4.99. The van der Waals surface area contributed by atoms with Gasteiger partial charge >= 0.3 is 0 Å². The summed E-state index contributed by atoms with van der Waals surface area (Å²) in [7, 11) is 0. The van der Waals surface area contributed by atoms with Crippen molar-refractivity contribution in [3.05, 3.63) is 39.9 Å². The van der Waals surface area contributed by atoms with Crippen LogP contribution >= 0.6 is 0 Å². The Balaban J connectivity index is 1.35. The quantitative estimate of drug-likeness (QED) is 0.558. The zero-order valence-electron chi connectivity index (χ0n) is 19.7. The Bertz CT molecular complexity index is 1110. The fraction of sp³-hybridized carbons (Fsp3) is 0.704. The van der Waals surface area contributed by atoms with E-state index in [2.05, 4.69) is 23.8 Å². The summed E-state index contributed by atoms with van der Waals surface area (Å²) in [6.07, 6.45) is 5.91. The number of aromatic amines is 1. The van der Waals surface area contributed by atoms with Crippen molar-refractivity contribution >= 4 is 10.9 Å². The SMILES string of the molecule is CC1OC1c1nccc2[nH]c(C3CC[C@H](C)C(C)C3C3CC4CC(F)(F)C[C@H]4C3)cc(=O)c12. The minimum atomic E-state index is -2.47. The number of H-pyrrole nitrogens is 1. The predicted molar refractivity (Wildman–Crippen MR) is 123 cm³/mol. The molecule has 3 saturated carbocycles. The van der Waals surface area contributed by atoms with E-state index < -0.39 is 5.92 Å². The van der Waals surface area contributed by atoms with Crippen molar-refractivity contribution in [1.82, 2.24) is 9.97 Å². The lowest BCUT2D eigenvalue weighted by Gasteiger charge is -2.44. The first kappa shape index (κ1) is 21.7. The number of alkyl halides is 2. The van der Waals surface area contributed by atoms with Gasteiger partial charge in [-0.2, -0.15) is 0 Å². The Morgan fingerprint density at radius 1 is 1.09 bits per heavy atom. The fourth-order valence-electron chi connectivity index (χ4n) is 7.82. The molecule has 1 N–H and O–H groups in total. The lowest BCUT2D eigenvalue weighted by atomic mass is 9.61. The van der Waals surface area contributed by atoms with Gasteiger partial charge in [0.05, 0.1) is 22.7 Å². The number of rotatable bonds is 3. The van der Waals surface area contributed by atoms with Crippen molar-refractivity contribution < 1.29 is 13.5 Å². The average Bonchev–Trinajstić information content (AvgIpc) is 3.26. The van der Waals surface area contributed by atoms with E-state index in [0.29, 0.717) is 29.1 Å². The first-order valence-corrected chi connectivity index (χ1v) is 12.8. The van der Waals surface area contributed by atoms with Gasteiger partial charge in [0, 0.05) is 36.7 Å². The molecule has 7 unspecified atom stereocenters. The molecule has 33 heavy (non-hydrogen) atoms. The van der Waals surface area contributed by atoms with Gasteiger partial charge in [-0.25, -0.2) is 8.78 Å². The number of aromatic nitrogens is 2. The maximum absolute atomic E-state index is 14.0. The van der Waals surface area contributed by atoms with Crippen molar-refractivity contribution in [3.63, 3.8) is 0 Å². The van der Waals surface area contributed by atoms with Crippen LogP contribution in [-0.4, -0.2) is 22.0 Å². The lowest BCUT2D eigenvalue weighted by molar-refractivity contribution is -0.00473. The highest BCUT2D eigenvalue weighted by atomic mass is 19.3. The molecule has 6 heteroatoms.